The molecule has 1 aliphatic heterocycles. The molecule has 2 aromatic rings. The van der Waals surface area contributed by atoms with Crippen LogP contribution in [0.2, 0.25) is 0 Å². The first-order valence-corrected chi connectivity index (χ1v) is 9.89. The number of amides is 1. The molecule has 0 unspecified atom stereocenters. The Bertz CT molecular complexity index is 697. The van der Waals surface area contributed by atoms with Gasteiger partial charge in [-0.1, -0.05) is 24.3 Å². The number of nitrogens with zero attached hydrogens (tertiary/aromatic N) is 4. The van der Waals surface area contributed by atoms with Crippen molar-refractivity contribution in [2.24, 2.45) is 0 Å². The Morgan fingerprint density at radius 2 is 1.74 bits per heavy atom. The van der Waals surface area contributed by atoms with E-state index in [1.165, 1.54) is 0 Å². The van der Waals surface area contributed by atoms with E-state index in [4.69, 9.17) is 0 Å². The van der Waals surface area contributed by atoms with Gasteiger partial charge in [-0.05, 0) is 51.1 Å². The first-order chi connectivity index (χ1) is 13.1. The Labute approximate surface area is 162 Å². The number of pyridine rings is 1. The fourth-order valence-corrected chi connectivity index (χ4v) is 3.55. The second kappa shape index (κ2) is 9.51. The van der Waals surface area contributed by atoms with Crippen LogP contribution in [-0.4, -0.2) is 66.0 Å². The van der Waals surface area contributed by atoms with Crippen molar-refractivity contribution in [2.45, 2.75) is 26.3 Å². The molecule has 0 saturated carbocycles. The van der Waals surface area contributed by atoms with E-state index in [1.54, 1.807) is 0 Å². The maximum absolute atomic E-state index is 12.8. The van der Waals surface area contributed by atoms with Gasteiger partial charge in [0, 0.05) is 50.5 Å². The predicted octanol–water partition coefficient (Wildman–Crippen LogP) is 3.14. The molecule has 0 aliphatic carbocycles. The molecule has 5 heteroatoms. The number of hydrogen-bond acceptors (Lipinski definition) is 4. The first kappa shape index (κ1) is 19.4. The highest BCUT2D eigenvalue weighted by Gasteiger charge is 2.20. The Morgan fingerprint density at radius 1 is 1.04 bits per heavy atom. The van der Waals surface area contributed by atoms with Crippen molar-refractivity contribution in [3.63, 3.8) is 0 Å². The molecule has 1 saturated heterocycles. The highest BCUT2D eigenvalue weighted by Crippen LogP contribution is 2.13. The molecule has 5 nitrogen and oxygen atoms in total. The molecule has 0 bridgehead atoms. The Morgan fingerprint density at radius 3 is 2.37 bits per heavy atom. The van der Waals surface area contributed by atoms with Crippen molar-refractivity contribution in [1.82, 2.24) is 14.8 Å². The van der Waals surface area contributed by atoms with Gasteiger partial charge in [0.2, 0.25) is 0 Å². The van der Waals surface area contributed by atoms with Gasteiger partial charge >= 0.3 is 0 Å². The third-order valence-electron chi connectivity index (χ3n) is 5.12. The standard InChI is InChI=1S/C22H30N4O/c1-19(2)26(22(27)20-9-4-3-5-10-20)14-8-13-24-15-17-25(18-16-24)21-11-6-7-12-23-21/h3-7,9-12,19H,8,13-18H2,1-2H3. The van der Waals surface area contributed by atoms with Crippen LogP contribution in [0.1, 0.15) is 30.6 Å². The van der Waals surface area contributed by atoms with Crippen LogP contribution in [-0.2, 0) is 0 Å². The zero-order valence-electron chi connectivity index (χ0n) is 16.4. The van der Waals surface area contributed by atoms with E-state index in [-0.39, 0.29) is 11.9 Å². The molecule has 0 radical (unpaired) electrons. The molecular weight excluding hydrogens is 336 g/mol. The van der Waals surface area contributed by atoms with Gasteiger partial charge in [-0.25, -0.2) is 4.98 Å². The number of carbonyl (C=O) groups is 1. The Balaban J connectivity index is 1.45. The van der Waals surface area contributed by atoms with Crippen LogP contribution in [0.3, 0.4) is 0 Å². The van der Waals surface area contributed by atoms with Crippen molar-refractivity contribution in [3.8, 4) is 0 Å². The maximum Gasteiger partial charge on any atom is 0.254 e. The molecule has 0 N–H and O–H groups in total. The van der Waals surface area contributed by atoms with E-state index in [2.05, 4.69) is 34.7 Å². The fraction of sp³-hybridized carbons (Fsp3) is 0.455. The van der Waals surface area contributed by atoms with Crippen LogP contribution in [0.5, 0.6) is 0 Å². The maximum atomic E-state index is 12.8. The van der Waals surface area contributed by atoms with Gasteiger partial charge < -0.3 is 9.80 Å². The van der Waals surface area contributed by atoms with Gasteiger partial charge in [0.25, 0.3) is 5.91 Å². The predicted molar refractivity (Wildman–Crippen MR) is 110 cm³/mol. The van der Waals surface area contributed by atoms with E-state index in [1.807, 2.05) is 53.6 Å². The number of rotatable bonds is 7. The van der Waals surface area contributed by atoms with Gasteiger partial charge in [-0.3, -0.25) is 9.69 Å². The van der Waals surface area contributed by atoms with E-state index in [0.717, 1.165) is 57.1 Å². The summed E-state index contributed by atoms with van der Waals surface area (Å²) in [6.45, 7) is 10.1. The van der Waals surface area contributed by atoms with Gasteiger partial charge in [0.1, 0.15) is 5.82 Å². The molecule has 1 aromatic carbocycles. The number of aromatic nitrogens is 1. The smallest absolute Gasteiger partial charge is 0.254 e. The lowest BCUT2D eigenvalue weighted by Gasteiger charge is -2.36. The number of carbonyl (C=O) groups excluding carboxylic acids is 1. The van der Waals surface area contributed by atoms with Crippen LogP contribution in [0.4, 0.5) is 5.82 Å². The molecule has 2 heterocycles. The first-order valence-electron chi connectivity index (χ1n) is 9.89. The van der Waals surface area contributed by atoms with Gasteiger partial charge in [0.15, 0.2) is 0 Å². The van der Waals surface area contributed by atoms with Crippen LogP contribution >= 0.6 is 0 Å². The summed E-state index contributed by atoms with van der Waals surface area (Å²) in [6.07, 6.45) is 2.85. The minimum absolute atomic E-state index is 0.130. The van der Waals surface area contributed by atoms with E-state index in [9.17, 15) is 4.79 Å². The average Bonchev–Trinajstić information content (AvgIpc) is 2.72. The number of hydrogen-bond donors (Lipinski definition) is 0. The molecular formula is C22H30N4O. The molecule has 1 aromatic heterocycles. The minimum atomic E-state index is 0.130. The zero-order valence-corrected chi connectivity index (χ0v) is 16.4. The molecule has 0 spiro atoms. The zero-order chi connectivity index (χ0) is 19.1. The summed E-state index contributed by atoms with van der Waals surface area (Å²) in [5.74, 6) is 1.20. The minimum Gasteiger partial charge on any atom is -0.354 e. The van der Waals surface area contributed by atoms with Crippen molar-refractivity contribution >= 4 is 11.7 Å². The Hall–Kier alpha value is -2.40. The summed E-state index contributed by atoms with van der Waals surface area (Å²) in [4.78, 5) is 24.0. The van der Waals surface area contributed by atoms with Gasteiger partial charge in [0.05, 0.1) is 0 Å². The number of anilines is 1. The SMILES string of the molecule is CC(C)N(CCCN1CCN(c2ccccn2)CC1)C(=O)c1ccccc1. The lowest BCUT2D eigenvalue weighted by atomic mass is 10.1. The lowest BCUT2D eigenvalue weighted by molar-refractivity contribution is 0.0695. The second-order valence-corrected chi connectivity index (χ2v) is 7.33. The molecule has 27 heavy (non-hydrogen) atoms. The highest BCUT2D eigenvalue weighted by atomic mass is 16.2. The highest BCUT2D eigenvalue weighted by molar-refractivity contribution is 5.94. The fourth-order valence-electron chi connectivity index (χ4n) is 3.55. The molecule has 3 rings (SSSR count). The van der Waals surface area contributed by atoms with Gasteiger partial charge in [-0.2, -0.15) is 0 Å². The van der Waals surface area contributed by atoms with E-state index < -0.39 is 0 Å². The average molecular weight is 367 g/mol. The summed E-state index contributed by atoms with van der Waals surface area (Å²) in [7, 11) is 0. The normalized spacial score (nSPS) is 15.1. The van der Waals surface area contributed by atoms with Crippen molar-refractivity contribution in [2.75, 3.05) is 44.2 Å². The summed E-state index contributed by atoms with van der Waals surface area (Å²) in [5.41, 5.74) is 0.773. The Kier molecular flexibility index (Phi) is 6.82. The quantitative estimate of drug-likeness (QED) is 0.755. The van der Waals surface area contributed by atoms with Crippen LogP contribution < -0.4 is 4.90 Å². The second-order valence-electron chi connectivity index (χ2n) is 7.33. The van der Waals surface area contributed by atoms with Crippen LogP contribution in [0, 0.1) is 0 Å². The molecule has 1 aliphatic rings. The summed E-state index contributed by atoms with van der Waals surface area (Å²) < 4.78 is 0. The molecule has 1 amide bonds. The third kappa shape index (κ3) is 5.30. The molecule has 0 atom stereocenters. The molecule has 1 fully saturated rings. The van der Waals surface area contributed by atoms with Crippen LogP contribution in [0.25, 0.3) is 0 Å². The third-order valence-corrected chi connectivity index (χ3v) is 5.12. The monoisotopic (exact) mass is 366 g/mol. The number of piperazine rings is 1. The number of benzene rings is 1. The van der Waals surface area contributed by atoms with E-state index >= 15 is 0 Å². The van der Waals surface area contributed by atoms with Crippen molar-refractivity contribution < 1.29 is 4.79 Å². The van der Waals surface area contributed by atoms with Gasteiger partial charge in [-0.15, -0.1) is 0 Å². The summed E-state index contributed by atoms with van der Waals surface area (Å²) in [5, 5.41) is 0. The van der Waals surface area contributed by atoms with Crippen molar-refractivity contribution in [1.29, 1.82) is 0 Å². The van der Waals surface area contributed by atoms with Crippen LogP contribution in [0.15, 0.2) is 54.7 Å². The van der Waals surface area contributed by atoms with E-state index in [0.29, 0.717) is 0 Å². The summed E-state index contributed by atoms with van der Waals surface area (Å²) >= 11 is 0. The largest absolute Gasteiger partial charge is 0.354 e. The summed E-state index contributed by atoms with van der Waals surface area (Å²) in [6, 6.07) is 15.9. The van der Waals surface area contributed by atoms with Crippen molar-refractivity contribution in [3.05, 3.63) is 60.3 Å². The topological polar surface area (TPSA) is 39.7 Å². The lowest BCUT2D eigenvalue weighted by Crippen LogP contribution is -2.47. The molecule has 144 valence electrons.